The van der Waals surface area contributed by atoms with Crippen LogP contribution in [0.3, 0.4) is 0 Å². The maximum absolute atomic E-state index is 11.3. The molecule has 0 bridgehead atoms. The molecule has 5 unspecified atom stereocenters. The molecule has 0 aromatic carbocycles. The second-order valence-electron chi connectivity index (χ2n) is 6.52. The number of rotatable bonds is 1. The van der Waals surface area contributed by atoms with Crippen LogP contribution >= 0.6 is 11.6 Å². The number of halogens is 1. The SMILES string of the molecule is O=C(Cl)C1CCC2C(CCC3CCCCC32)C1. The van der Waals surface area contributed by atoms with Crippen LogP contribution < -0.4 is 0 Å². The standard InChI is InChI=1S/C15H23ClO/c16-15(17)12-7-8-14-11(9-12)6-5-10-3-1-2-4-13(10)14/h10-14H,1-9H2. The molecule has 1 nitrogen and oxygen atoms in total. The van der Waals surface area contributed by atoms with Crippen LogP contribution in [0.25, 0.3) is 0 Å². The largest absolute Gasteiger partial charge is 0.281 e. The van der Waals surface area contributed by atoms with Gasteiger partial charge in [0.25, 0.3) is 0 Å². The highest BCUT2D eigenvalue weighted by molar-refractivity contribution is 6.63. The van der Waals surface area contributed by atoms with Crippen LogP contribution in [0.2, 0.25) is 0 Å². The maximum atomic E-state index is 11.3. The fraction of sp³-hybridized carbons (Fsp3) is 0.933. The summed E-state index contributed by atoms with van der Waals surface area (Å²) in [5, 5.41) is -0.0748. The molecule has 0 heterocycles. The molecule has 96 valence electrons. The van der Waals surface area contributed by atoms with Gasteiger partial charge in [0.15, 0.2) is 0 Å². The Hall–Kier alpha value is -0.0400. The van der Waals surface area contributed by atoms with Crippen molar-refractivity contribution < 1.29 is 4.79 Å². The van der Waals surface area contributed by atoms with Crippen molar-refractivity contribution in [3.05, 3.63) is 0 Å². The Kier molecular flexibility index (Phi) is 3.47. The van der Waals surface area contributed by atoms with Gasteiger partial charge < -0.3 is 0 Å². The molecular weight excluding hydrogens is 232 g/mol. The summed E-state index contributed by atoms with van der Waals surface area (Å²) >= 11 is 5.69. The molecule has 0 aromatic rings. The van der Waals surface area contributed by atoms with Crippen LogP contribution in [-0.4, -0.2) is 5.24 Å². The summed E-state index contributed by atoms with van der Waals surface area (Å²) in [7, 11) is 0. The van der Waals surface area contributed by atoms with E-state index < -0.39 is 0 Å². The van der Waals surface area contributed by atoms with E-state index in [1.807, 2.05) is 0 Å². The molecule has 2 heteroatoms. The lowest BCUT2D eigenvalue weighted by molar-refractivity contribution is -0.118. The van der Waals surface area contributed by atoms with Crippen molar-refractivity contribution in [2.45, 2.75) is 57.8 Å². The Bertz CT molecular complexity index is 301. The summed E-state index contributed by atoms with van der Waals surface area (Å²) in [5.74, 6) is 3.94. The number of carbonyl (C=O) groups excluding carboxylic acids is 1. The third-order valence-electron chi connectivity index (χ3n) is 5.79. The van der Waals surface area contributed by atoms with Crippen molar-refractivity contribution in [3.63, 3.8) is 0 Å². The van der Waals surface area contributed by atoms with E-state index in [-0.39, 0.29) is 11.2 Å². The molecular formula is C15H23ClO. The topological polar surface area (TPSA) is 17.1 Å². The van der Waals surface area contributed by atoms with Crippen molar-refractivity contribution in [1.29, 1.82) is 0 Å². The summed E-state index contributed by atoms with van der Waals surface area (Å²) in [6, 6.07) is 0. The highest BCUT2D eigenvalue weighted by atomic mass is 35.5. The molecule has 0 saturated heterocycles. The van der Waals surface area contributed by atoms with E-state index in [1.165, 1.54) is 44.9 Å². The molecule has 3 aliphatic rings. The highest BCUT2D eigenvalue weighted by Gasteiger charge is 2.43. The average molecular weight is 255 g/mol. The van der Waals surface area contributed by atoms with Crippen molar-refractivity contribution in [1.82, 2.24) is 0 Å². The molecule has 3 saturated carbocycles. The lowest BCUT2D eigenvalue weighted by atomic mass is 9.56. The molecule has 0 aromatic heterocycles. The van der Waals surface area contributed by atoms with E-state index in [0.29, 0.717) is 0 Å². The Morgan fingerprint density at radius 3 is 2.35 bits per heavy atom. The van der Waals surface area contributed by atoms with Gasteiger partial charge in [-0.05, 0) is 73.8 Å². The van der Waals surface area contributed by atoms with E-state index >= 15 is 0 Å². The van der Waals surface area contributed by atoms with Crippen LogP contribution in [0.15, 0.2) is 0 Å². The monoisotopic (exact) mass is 254 g/mol. The van der Waals surface area contributed by atoms with Crippen molar-refractivity contribution in [3.8, 4) is 0 Å². The molecule has 0 aliphatic heterocycles. The van der Waals surface area contributed by atoms with Crippen LogP contribution in [-0.2, 0) is 4.79 Å². The third-order valence-corrected chi connectivity index (χ3v) is 6.10. The fourth-order valence-electron chi connectivity index (χ4n) is 4.98. The number of hydrogen-bond acceptors (Lipinski definition) is 1. The Balaban J connectivity index is 1.69. The summed E-state index contributed by atoms with van der Waals surface area (Å²) in [6.07, 6.45) is 12.1. The Labute approximate surface area is 109 Å². The number of hydrogen-bond donors (Lipinski definition) is 0. The molecule has 3 fully saturated rings. The van der Waals surface area contributed by atoms with Gasteiger partial charge in [-0.3, -0.25) is 4.79 Å². The second kappa shape index (κ2) is 4.91. The Morgan fingerprint density at radius 1 is 0.824 bits per heavy atom. The zero-order valence-electron chi connectivity index (χ0n) is 10.5. The molecule has 5 atom stereocenters. The van der Waals surface area contributed by atoms with E-state index in [4.69, 9.17) is 11.6 Å². The first-order valence-electron chi connectivity index (χ1n) is 7.45. The first-order valence-corrected chi connectivity index (χ1v) is 7.83. The lowest BCUT2D eigenvalue weighted by Crippen LogP contribution is -2.40. The van der Waals surface area contributed by atoms with Crippen LogP contribution in [0.1, 0.15) is 57.8 Å². The van der Waals surface area contributed by atoms with Crippen LogP contribution in [0.4, 0.5) is 0 Å². The van der Waals surface area contributed by atoms with Gasteiger partial charge in [-0.25, -0.2) is 0 Å². The number of fused-ring (bicyclic) bond motifs is 3. The molecule has 0 spiro atoms. The maximum Gasteiger partial charge on any atom is 0.224 e. The molecule has 3 rings (SSSR count). The minimum absolute atomic E-state index is 0.0748. The molecule has 0 N–H and O–H groups in total. The van der Waals surface area contributed by atoms with E-state index in [1.54, 1.807) is 0 Å². The minimum atomic E-state index is -0.0748. The highest BCUT2D eigenvalue weighted by Crippen LogP contribution is 2.52. The van der Waals surface area contributed by atoms with Crippen molar-refractivity contribution >= 4 is 16.8 Å². The fourth-order valence-corrected chi connectivity index (χ4v) is 5.17. The first-order chi connectivity index (χ1) is 8.25. The van der Waals surface area contributed by atoms with Gasteiger partial charge in [0.05, 0.1) is 0 Å². The van der Waals surface area contributed by atoms with E-state index in [9.17, 15) is 4.79 Å². The molecule has 0 radical (unpaired) electrons. The van der Waals surface area contributed by atoms with Gasteiger partial charge in [-0.15, -0.1) is 0 Å². The minimum Gasteiger partial charge on any atom is -0.281 e. The predicted molar refractivity (Wildman–Crippen MR) is 69.9 cm³/mol. The van der Waals surface area contributed by atoms with Gasteiger partial charge >= 0.3 is 0 Å². The third kappa shape index (κ3) is 2.28. The molecule has 0 amide bonds. The Morgan fingerprint density at radius 2 is 1.53 bits per heavy atom. The zero-order chi connectivity index (χ0) is 11.8. The smallest absolute Gasteiger partial charge is 0.224 e. The van der Waals surface area contributed by atoms with Gasteiger partial charge in [-0.1, -0.05) is 19.3 Å². The quantitative estimate of drug-likeness (QED) is 0.635. The van der Waals surface area contributed by atoms with Gasteiger partial charge in [0.1, 0.15) is 0 Å². The summed E-state index contributed by atoms with van der Waals surface area (Å²) in [5.41, 5.74) is 0. The van der Waals surface area contributed by atoms with Gasteiger partial charge in [-0.2, -0.15) is 0 Å². The summed E-state index contributed by atoms with van der Waals surface area (Å²) < 4.78 is 0. The van der Waals surface area contributed by atoms with Gasteiger partial charge in [0.2, 0.25) is 5.24 Å². The van der Waals surface area contributed by atoms with E-state index in [2.05, 4.69) is 0 Å². The number of carbonyl (C=O) groups is 1. The van der Waals surface area contributed by atoms with Gasteiger partial charge in [0, 0.05) is 5.92 Å². The van der Waals surface area contributed by atoms with E-state index in [0.717, 1.165) is 36.5 Å². The molecule has 17 heavy (non-hydrogen) atoms. The summed E-state index contributed by atoms with van der Waals surface area (Å²) in [6.45, 7) is 0. The normalized spacial score (nSPS) is 45.8. The predicted octanol–water partition coefficient (Wildman–Crippen LogP) is 4.38. The van der Waals surface area contributed by atoms with Crippen molar-refractivity contribution in [2.75, 3.05) is 0 Å². The van der Waals surface area contributed by atoms with Crippen LogP contribution in [0, 0.1) is 29.6 Å². The first kappa shape index (κ1) is 12.0. The molecule has 3 aliphatic carbocycles. The van der Waals surface area contributed by atoms with Crippen molar-refractivity contribution in [2.24, 2.45) is 29.6 Å². The zero-order valence-corrected chi connectivity index (χ0v) is 11.3. The second-order valence-corrected chi connectivity index (χ2v) is 6.90. The van der Waals surface area contributed by atoms with Crippen LogP contribution in [0.5, 0.6) is 0 Å². The lowest BCUT2D eigenvalue weighted by Gasteiger charge is -2.49. The summed E-state index contributed by atoms with van der Waals surface area (Å²) in [4.78, 5) is 11.3. The average Bonchev–Trinajstić information content (AvgIpc) is 2.38.